The van der Waals surface area contributed by atoms with Crippen molar-refractivity contribution in [3.8, 4) is 0 Å². The van der Waals surface area contributed by atoms with E-state index in [1.54, 1.807) is 12.7 Å². The van der Waals surface area contributed by atoms with E-state index in [9.17, 15) is 0 Å². The van der Waals surface area contributed by atoms with Gasteiger partial charge in [0.1, 0.15) is 47.9 Å². The number of nitrogens with zero attached hydrogens (tertiary/aromatic N) is 4. The number of hydrogen-bond acceptors (Lipinski definition) is 12. The maximum Gasteiger partial charge on any atom is 0.147 e. The lowest BCUT2D eigenvalue weighted by Crippen LogP contribution is -2.38. The topological polar surface area (TPSA) is 165 Å². The van der Waals surface area contributed by atoms with Crippen LogP contribution in [0.1, 0.15) is 55.1 Å². The summed E-state index contributed by atoms with van der Waals surface area (Å²) in [5, 5.41) is 6.88. The van der Waals surface area contributed by atoms with E-state index >= 15 is 0 Å². The smallest absolute Gasteiger partial charge is 0.147 e. The molecule has 202 valence electrons. The summed E-state index contributed by atoms with van der Waals surface area (Å²) in [6.07, 6.45) is 9.47. The average Bonchev–Trinajstić information content (AvgIpc) is 3.57. The molecule has 2 aromatic heterocycles. The highest BCUT2D eigenvalue weighted by Gasteiger charge is 2.66. The van der Waals surface area contributed by atoms with Crippen LogP contribution < -0.4 is 22.1 Å². The van der Waals surface area contributed by atoms with Gasteiger partial charge in [-0.05, 0) is 32.6 Å². The van der Waals surface area contributed by atoms with Gasteiger partial charge in [-0.15, -0.1) is 0 Å². The van der Waals surface area contributed by atoms with Gasteiger partial charge in [-0.2, -0.15) is 0 Å². The number of nitrogens with one attached hydrogen (secondary N) is 2. The third kappa shape index (κ3) is 3.90. The Bertz CT molecular complexity index is 1260. The minimum Gasteiger partial charge on any atom is -0.369 e. The van der Waals surface area contributed by atoms with Crippen LogP contribution in [0.5, 0.6) is 0 Å². The minimum absolute atomic E-state index is 0.0670. The van der Waals surface area contributed by atoms with Crippen molar-refractivity contribution in [3.63, 3.8) is 0 Å². The fourth-order valence-corrected chi connectivity index (χ4v) is 6.34. The summed E-state index contributed by atoms with van der Waals surface area (Å²) >= 11 is 0. The average molecular weight is 523 g/mol. The number of rotatable bonds is 3. The van der Waals surface area contributed by atoms with E-state index in [4.69, 9.17) is 30.4 Å². The van der Waals surface area contributed by atoms with E-state index in [-0.39, 0.29) is 24.4 Å². The van der Waals surface area contributed by atoms with Gasteiger partial charge in [0.05, 0.1) is 47.9 Å². The second kappa shape index (κ2) is 9.18. The van der Waals surface area contributed by atoms with Crippen LogP contribution in [-0.4, -0.2) is 70.9 Å². The molecule has 2 aliphatic carbocycles. The number of ether oxygens (including phenoxy) is 4. The Kier molecular flexibility index (Phi) is 5.87. The molecule has 5 aliphatic rings. The Morgan fingerprint density at radius 2 is 1.79 bits per heavy atom. The SMILES string of the molecule is CC12OC[C@H]3O[C@@H](N)C[C@@H]3C3(OC[C@@H]4CC[C@H](N)O4)c4ncnc(c43)NC/C=C/CCNc3ncnc1c32. The molecule has 6 N–H and O–H groups in total. The summed E-state index contributed by atoms with van der Waals surface area (Å²) in [5.74, 6) is 1.47. The zero-order valence-electron chi connectivity index (χ0n) is 21.4. The van der Waals surface area contributed by atoms with Crippen LogP contribution in [0.4, 0.5) is 11.6 Å². The summed E-state index contributed by atoms with van der Waals surface area (Å²) in [7, 11) is 0. The molecule has 38 heavy (non-hydrogen) atoms. The third-order valence-corrected chi connectivity index (χ3v) is 8.36. The van der Waals surface area contributed by atoms with Crippen molar-refractivity contribution in [3.05, 3.63) is 47.3 Å². The van der Waals surface area contributed by atoms with E-state index in [0.29, 0.717) is 26.2 Å². The van der Waals surface area contributed by atoms with Crippen molar-refractivity contribution in [1.82, 2.24) is 19.9 Å². The van der Waals surface area contributed by atoms with Crippen molar-refractivity contribution in [2.24, 2.45) is 17.4 Å². The summed E-state index contributed by atoms with van der Waals surface area (Å²) in [6.45, 7) is 4.14. The van der Waals surface area contributed by atoms with Crippen LogP contribution in [-0.2, 0) is 30.1 Å². The minimum atomic E-state index is -0.779. The van der Waals surface area contributed by atoms with E-state index in [1.165, 1.54) is 0 Å². The Morgan fingerprint density at radius 1 is 0.974 bits per heavy atom. The predicted octanol–water partition coefficient (Wildman–Crippen LogP) is 1.07. The second-order valence-electron chi connectivity index (χ2n) is 10.8. The van der Waals surface area contributed by atoms with Crippen molar-refractivity contribution in [2.45, 2.75) is 68.5 Å². The molecule has 0 aromatic carbocycles. The summed E-state index contributed by atoms with van der Waals surface area (Å²) in [5.41, 5.74) is 14.7. The third-order valence-electron chi connectivity index (χ3n) is 8.36. The van der Waals surface area contributed by atoms with Gasteiger partial charge in [0.25, 0.3) is 0 Å². The number of anilines is 2. The van der Waals surface area contributed by atoms with Crippen molar-refractivity contribution < 1.29 is 18.9 Å². The highest BCUT2D eigenvalue weighted by Crippen LogP contribution is 2.61. The quantitative estimate of drug-likeness (QED) is 0.425. The molecule has 7 rings (SSSR count). The first-order chi connectivity index (χ1) is 18.5. The van der Waals surface area contributed by atoms with Crippen LogP contribution in [0.3, 0.4) is 0 Å². The second-order valence-corrected chi connectivity index (χ2v) is 10.8. The predicted molar refractivity (Wildman–Crippen MR) is 137 cm³/mol. The van der Waals surface area contributed by atoms with E-state index in [0.717, 1.165) is 60.0 Å². The van der Waals surface area contributed by atoms with Gasteiger partial charge in [-0.1, -0.05) is 12.2 Å². The van der Waals surface area contributed by atoms with Crippen LogP contribution >= 0.6 is 0 Å². The van der Waals surface area contributed by atoms with Crippen LogP contribution in [0, 0.1) is 5.92 Å². The molecular formula is C26H34N8O4. The van der Waals surface area contributed by atoms with Crippen LogP contribution in [0.25, 0.3) is 0 Å². The van der Waals surface area contributed by atoms with Crippen LogP contribution in [0.2, 0.25) is 0 Å². The Morgan fingerprint density at radius 3 is 2.61 bits per heavy atom. The van der Waals surface area contributed by atoms with Crippen molar-refractivity contribution in [1.29, 1.82) is 0 Å². The van der Waals surface area contributed by atoms with Crippen LogP contribution in [0.15, 0.2) is 24.8 Å². The number of fused-ring (bicyclic) bond motifs is 4. The Hall–Kier alpha value is -2.74. The zero-order valence-corrected chi connectivity index (χ0v) is 21.4. The first-order valence-electron chi connectivity index (χ1n) is 13.5. The van der Waals surface area contributed by atoms with E-state index < -0.39 is 17.4 Å². The lowest BCUT2D eigenvalue weighted by molar-refractivity contribution is -0.114. The van der Waals surface area contributed by atoms with Gasteiger partial charge < -0.3 is 41.0 Å². The molecule has 2 unspecified atom stereocenters. The molecule has 3 aliphatic heterocycles. The standard InChI is InChI=1S/C26H34N8O4/c1-25-19-21(25)31-12-33-23(19)29-7-3-2-4-8-30-24-20-22(32-13-34-24)26(20,36-10-14-5-6-17(27)37-14)15-9-18(28)38-16(15)11-35-25/h2,4,12-18H,3,5-11,27-28H2,1H3,(H,29,31,33)(H,30,32,34)/b4-2+/t14-,15-,16+,17+,18+,25?,26?/m0/s1. The van der Waals surface area contributed by atoms with Gasteiger partial charge in [-0.3, -0.25) is 0 Å². The van der Waals surface area contributed by atoms with Gasteiger partial charge in [0, 0.05) is 19.0 Å². The van der Waals surface area contributed by atoms with E-state index in [1.807, 2.05) is 6.92 Å². The summed E-state index contributed by atoms with van der Waals surface area (Å²) < 4.78 is 25.4. The van der Waals surface area contributed by atoms with Gasteiger partial charge in [0.15, 0.2) is 0 Å². The first kappa shape index (κ1) is 24.3. The molecule has 0 radical (unpaired) electrons. The molecule has 12 nitrogen and oxygen atoms in total. The molecule has 2 fully saturated rings. The monoisotopic (exact) mass is 522 g/mol. The lowest BCUT2D eigenvalue weighted by atomic mass is 9.89. The summed E-state index contributed by atoms with van der Waals surface area (Å²) in [6, 6.07) is 0. The fraction of sp³-hybridized carbons (Fsp3) is 0.615. The van der Waals surface area contributed by atoms with Crippen molar-refractivity contribution in [2.75, 3.05) is 36.9 Å². The molecule has 5 heterocycles. The molecular weight excluding hydrogens is 488 g/mol. The number of aromatic nitrogens is 4. The number of nitrogens with two attached hydrogens (primary N) is 2. The highest BCUT2D eigenvalue weighted by atomic mass is 16.6. The largest absolute Gasteiger partial charge is 0.369 e. The maximum absolute atomic E-state index is 6.75. The molecule has 2 saturated heterocycles. The van der Waals surface area contributed by atoms with Gasteiger partial charge >= 0.3 is 0 Å². The van der Waals surface area contributed by atoms with Gasteiger partial charge in [-0.25, -0.2) is 19.9 Å². The summed E-state index contributed by atoms with van der Waals surface area (Å²) in [4.78, 5) is 18.1. The Balaban J connectivity index is 1.21. The highest BCUT2D eigenvalue weighted by molar-refractivity contribution is 5.67. The molecule has 7 atom stereocenters. The fourth-order valence-electron chi connectivity index (χ4n) is 6.34. The maximum atomic E-state index is 6.75. The van der Waals surface area contributed by atoms with Gasteiger partial charge in [0.2, 0.25) is 0 Å². The molecule has 12 heteroatoms. The Labute approximate surface area is 220 Å². The molecule has 0 amide bonds. The molecule has 0 spiro atoms. The number of hydrogen-bond donors (Lipinski definition) is 4. The zero-order chi connectivity index (χ0) is 25.9. The molecule has 2 aromatic rings. The van der Waals surface area contributed by atoms with Crippen molar-refractivity contribution >= 4 is 11.6 Å². The molecule has 0 saturated carbocycles. The lowest BCUT2D eigenvalue weighted by Gasteiger charge is -2.29. The van der Waals surface area contributed by atoms with E-state index in [2.05, 4.69) is 42.7 Å². The normalized spacial score (nSPS) is 38.1. The molecule has 0 bridgehead atoms. The first-order valence-corrected chi connectivity index (χ1v) is 13.5.